The summed E-state index contributed by atoms with van der Waals surface area (Å²) in [6.45, 7) is 0. The summed E-state index contributed by atoms with van der Waals surface area (Å²) in [4.78, 5) is 17.6. The number of anilines is 1. The van der Waals surface area contributed by atoms with E-state index in [1.165, 1.54) is 12.3 Å². The standard InChI is InChI=1S/C21H14F3N3O5S/c22-21(23,24)13-6-8-15(9-7-13)33(30,31)27-14-10-16-17(12-4-2-1-3-5-12)19(32-20(28)29)26-18(16)25-11-14/h1-11,27H,(H,25,26)(H,28,29). The summed E-state index contributed by atoms with van der Waals surface area (Å²) in [5.41, 5.74) is 0.207. The molecule has 4 rings (SSSR count). The van der Waals surface area contributed by atoms with Gasteiger partial charge in [-0.1, -0.05) is 30.3 Å². The van der Waals surface area contributed by atoms with Crippen LogP contribution < -0.4 is 9.46 Å². The Kier molecular flexibility index (Phi) is 5.46. The molecular weight excluding hydrogens is 463 g/mol. The summed E-state index contributed by atoms with van der Waals surface area (Å²) >= 11 is 0. The highest BCUT2D eigenvalue weighted by molar-refractivity contribution is 7.92. The molecule has 2 aromatic heterocycles. The minimum atomic E-state index is -4.59. The van der Waals surface area contributed by atoms with Crippen LogP contribution in [0.5, 0.6) is 5.88 Å². The third kappa shape index (κ3) is 4.60. The summed E-state index contributed by atoms with van der Waals surface area (Å²) < 4.78 is 70.7. The Morgan fingerprint density at radius 3 is 2.33 bits per heavy atom. The van der Waals surface area contributed by atoms with Crippen LogP contribution in [-0.4, -0.2) is 29.6 Å². The van der Waals surface area contributed by atoms with Gasteiger partial charge in [-0.05, 0) is 35.9 Å². The second-order valence-corrected chi connectivity index (χ2v) is 8.49. The Morgan fingerprint density at radius 1 is 1.06 bits per heavy atom. The topological polar surface area (TPSA) is 121 Å². The Bertz CT molecular complexity index is 1430. The van der Waals surface area contributed by atoms with E-state index in [1.54, 1.807) is 30.3 Å². The number of hydrogen-bond donors (Lipinski definition) is 3. The number of halogens is 3. The smallest absolute Gasteiger partial charge is 0.449 e. The van der Waals surface area contributed by atoms with Gasteiger partial charge in [0.05, 0.1) is 27.9 Å². The highest BCUT2D eigenvalue weighted by Gasteiger charge is 2.30. The number of nitrogens with one attached hydrogen (secondary N) is 2. The van der Waals surface area contributed by atoms with E-state index in [4.69, 9.17) is 9.84 Å². The van der Waals surface area contributed by atoms with Gasteiger partial charge >= 0.3 is 12.3 Å². The van der Waals surface area contributed by atoms with Gasteiger partial charge < -0.3 is 14.8 Å². The van der Waals surface area contributed by atoms with Crippen LogP contribution >= 0.6 is 0 Å². The van der Waals surface area contributed by atoms with E-state index in [1.807, 2.05) is 0 Å². The maximum absolute atomic E-state index is 12.7. The second kappa shape index (κ2) is 8.13. The summed E-state index contributed by atoms with van der Waals surface area (Å²) in [6, 6.07) is 13.1. The van der Waals surface area contributed by atoms with E-state index >= 15 is 0 Å². The molecule has 0 saturated heterocycles. The van der Waals surface area contributed by atoms with Crippen LogP contribution in [0.15, 0.2) is 71.8 Å². The monoisotopic (exact) mass is 477 g/mol. The minimum absolute atomic E-state index is 0.0143. The van der Waals surface area contributed by atoms with E-state index in [-0.39, 0.29) is 22.1 Å². The third-order valence-corrected chi connectivity index (χ3v) is 6.01. The average molecular weight is 477 g/mol. The molecule has 12 heteroatoms. The van der Waals surface area contributed by atoms with Crippen molar-refractivity contribution in [1.29, 1.82) is 0 Å². The molecule has 4 aromatic rings. The zero-order valence-electron chi connectivity index (χ0n) is 16.4. The molecular formula is C21H14F3N3O5S. The quantitative estimate of drug-likeness (QED) is 0.344. The largest absolute Gasteiger partial charge is 0.512 e. The van der Waals surface area contributed by atoms with Crippen LogP contribution in [0.4, 0.5) is 23.7 Å². The van der Waals surface area contributed by atoms with Crippen LogP contribution in [0, 0.1) is 0 Å². The number of aromatic amines is 1. The van der Waals surface area contributed by atoms with Crippen LogP contribution in [-0.2, 0) is 16.2 Å². The first-order valence-electron chi connectivity index (χ1n) is 9.22. The number of ether oxygens (including phenoxy) is 1. The summed E-state index contributed by atoms with van der Waals surface area (Å²) in [5, 5.41) is 9.41. The SMILES string of the molecule is O=C(O)Oc1[nH]c2ncc(NS(=O)(=O)c3ccc(C(F)(F)F)cc3)cc2c1-c1ccccc1. The predicted molar refractivity (Wildman–Crippen MR) is 112 cm³/mol. The Hall–Kier alpha value is -4.06. The Balaban J connectivity index is 1.74. The number of hydrogen-bond acceptors (Lipinski definition) is 5. The first-order chi connectivity index (χ1) is 15.5. The molecule has 0 unspecified atom stereocenters. The van der Waals surface area contributed by atoms with E-state index in [2.05, 4.69) is 14.7 Å². The summed E-state index contributed by atoms with van der Waals surface area (Å²) in [6.07, 6.45) is -4.97. The van der Waals surface area contributed by atoms with Crippen LogP contribution in [0.2, 0.25) is 0 Å². The van der Waals surface area contributed by atoms with Crippen molar-refractivity contribution < 1.29 is 36.2 Å². The molecule has 0 atom stereocenters. The number of pyridine rings is 1. The lowest BCUT2D eigenvalue weighted by molar-refractivity contribution is -0.137. The number of H-pyrrole nitrogens is 1. The number of sulfonamides is 1. The molecule has 170 valence electrons. The lowest BCUT2D eigenvalue weighted by Crippen LogP contribution is -2.14. The van der Waals surface area contributed by atoms with Gasteiger partial charge in [0.15, 0.2) is 0 Å². The Morgan fingerprint density at radius 2 is 1.73 bits per heavy atom. The van der Waals surface area contributed by atoms with Gasteiger partial charge in [0, 0.05) is 5.39 Å². The lowest BCUT2D eigenvalue weighted by atomic mass is 10.1. The van der Waals surface area contributed by atoms with Crippen molar-refractivity contribution in [2.24, 2.45) is 0 Å². The van der Waals surface area contributed by atoms with Gasteiger partial charge in [0.1, 0.15) is 5.65 Å². The highest BCUT2D eigenvalue weighted by atomic mass is 32.2. The van der Waals surface area contributed by atoms with Crippen molar-refractivity contribution in [3.8, 4) is 17.0 Å². The first-order valence-corrected chi connectivity index (χ1v) is 10.7. The van der Waals surface area contributed by atoms with Crippen molar-refractivity contribution in [3.05, 3.63) is 72.4 Å². The lowest BCUT2D eigenvalue weighted by Gasteiger charge is -2.10. The first kappa shape index (κ1) is 22.1. The number of carboxylic acid groups (broad SMARTS) is 1. The minimum Gasteiger partial charge on any atom is -0.449 e. The van der Waals surface area contributed by atoms with Crippen molar-refractivity contribution >= 4 is 32.9 Å². The molecule has 0 aliphatic rings. The average Bonchev–Trinajstić information content (AvgIpc) is 3.10. The molecule has 2 aromatic carbocycles. The maximum atomic E-state index is 12.7. The molecule has 0 spiro atoms. The number of fused-ring (bicyclic) bond motifs is 1. The molecule has 3 N–H and O–H groups in total. The predicted octanol–water partition coefficient (Wildman–Crippen LogP) is 5.11. The fourth-order valence-corrected chi connectivity index (χ4v) is 4.23. The number of nitrogens with zero attached hydrogens (tertiary/aromatic N) is 1. The van der Waals surface area contributed by atoms with Crippen LogP contribution in [0.25, 0.3) is 22.2 Å². The highest BCUT2D eigenvalue weighted by Crippen LogP contribution is 2.38. The molecule has 0 fully saturated rings. The van der Waals surface area contributed by atoms with Gasteiger partial charge in [-0.2, -0.15) is 13.2 Å². The van der Waals surface area contributed by atoms with Crippen LogP contribution in [0.1, 0.15) is 5.56 Å². The van der Waals surface area contributed by atoms with E-state index in [0.29, 0.717) is 28.6 Å². The fourth-order valence-electron chi connectivity index (χ4n) is 3.20. The van der Waals surface area contributed by atoms with Crippen LogP contribution in [0.3, 0.4) is 0 Å². The van der Waals surface area contributed by atoms with Crippen molar-refractivity contribution in [2.75, 3.05) is 4.72 Å². The van der Waals surface area contributed by atoms with Gasteiger partial charge in [-0.15, -0.1) is 0 Å². The summed E-state index contributed by atoms with van der Waals surface area (Å²) in [7, 11) is -4.23. The molecule has 8 nitrogen and oxygen atoms in total. The van der Waals surface area contributed by atoms with E-state index in [9.17, 15) is 26.4 Å². The molecule has 0 amide bonds. The van der Waals surface area contributed by atoms with Crippen molar-refractivity contribution in [1.82, 2.24) is 9.97 Å². The van der Waals surface area contributed by atoms with Gasteiger partial charge in [-0.25, -0.2) is 18.2 Å². The zero-order valence-corrected chi connectivity index (χ0v) is 17.2. The number of aromatic nitrogens is 2. The molecule has 33 heavy (non-hydrogen) atoms. The molecule has 0 saturated carbocycles. The van der Waals surface area contributed by atoms with Gasteiger partial charge in [0.25, 0.3) is 10.0 Å². The normalized spacial score (nSPS) is 12.0. The van der Waals surface area contributed by atoms with Crippen molar-refractivity contribution in [3.63, 3.8) is 0 Å². The molecule has 0 aliphatic heterocycles. The third-order valence-electron chi connectivity index (χ3n) is 4.61. The maximum Gasteiger partial charge on any atom is 0.512 e. The van der Waals surface area contributed by atoms with Gasteiger partial charge in [0.2, 0.25) is 5.88 Å². The molecule has 0 radical (unpaired) electrons. The second-order valence-electron chi connectivity index (χ2n) is 6.81. The number of benzene rings is 2. The molecule has 0 aliphatic carbocycles. The zero-order chi connectivity index (χ0) is 23.8. The van der Waals surface area contributed by atoms with E-state index < -0.39 is 27.9 Å². The molecule has 0 bridgehead atoms. The molecule has 2 heterocycles. The number of rotatable bonds is 5. The fraction of sp³-hybridized carbons (Fsp3) is 0.0476. The summed E-state index contributed by atoms with van der Waals surface area (Å²) in [5.74, 6) is -0.0982. The van der Waals surface area contributed by atoms with Crippen molar-refractivity contribution in [2.45, 2.75) is 11.1 Å². The Labute approximate surface area is 184 Å². The van der Waals surface area contributed by atoms with E-state index in [0.717, 1.165) is 12.1 Å². The number of alkyl halides is 3. The number of carbonyl (C=O) groups is 1. The van der Waals surface area contributed by atoms with Gasteiger partial charge in [-0.3, -0.25) is 4.72 Å².